The summed E-state index contributed by atoms with van der Waals surface area (Å²) in [6.07, 6.45) is 0.276. The summed E-state index contributed by atoms with van der Waals surface area (Å²) in [4.78, 5) is 23.1. The second-order valence-corrected chi connectivity index (χ2v) is 6.42. The molecule has 0 fully saturated rings. The summed E-state index contributed by atoms with van der Waals surface area (Å²) in [5.41, 5.74) is 1.73. The molecule has 0 aromatic heterocycles. The minimum absolute atomic E-state index is 0.266. The number of aliphatic carboxylic acids is 1. The molecule has 0 saturated carbocycles. The van der Waals surface area contributed by atoms with E-state index in [1.54, 1.807) is 0 Å². The lowest BCUT2D eigenvalue weighted by Gasteiger charge is -2.12. The van der Waals surface area contributed by atoms with E-state index in [1.807, 2.05) is 60.7 Å². The highest BCUT2D eigenvalue weighted by Gasteiger charge is 2.19. The predicted octanol–water partition coefficient (Wildman–Crippen LogP) is 3.72. The Bertz CT molecular complexity index is 643. The van der Waals surface area contributed by atoms with E-state index >= 15 is 0 Å². The number of ether oxygens (including phenoxy) is 1. The maximum absolute atomic E-state index is 11.7. The third-order valence-electron chi connectivity index (χ3n) is 3.48. The number of hydrogen-bond donors (Lipinski definition) is 1. The van der Waals surface area contributed by atoms with Crippen molar-refractivity contribution >= 4 is 23.7 Å². The van der Waals surface area contributed by atoms with Gasteiger partial charge in [0.25, 0.3) is 0 Å². The minimum Gasteiger partial charge on any atom is -0.481 e. The fourth-order valence-electron chi connectivity index (χ4n) is 2.16. The van der Waals surface area contributed by atoms with E-state index in [9.17, 15) is 14.7 Å². The third-order valence-corrected chi connectivity index (χ3v) is 4.54. The van der Waals surface area contributed by atoms with Crippen molar-refractivity contribution < 1.29 is 19.4 Å². The van der Waals surface area contributed by atoms with Crippen LogP contribution in [0, 0.1) is 0 Å². The van der Waals surface area contributed by atoms with Gasteiger partial charge in [0.2, 0.25) is 0 Å². The molecule has 0 radical (unpaired) electrons. The fraction of sp³-hybridized carbons (Fsp3) is 0.263. The topological polar surface area (TPSA) is 63.6 Å². The monoisotopic (exact) mass is 344 g/mol. The average Bonchev–Trinajstić information content (AvgIpc) is 2.61. The molecule has 0 bridgehead atoms. The average molecular weight is 344 g/mol. The van der Waals surface area contributed by atoms with Gasteiger partial charge >= 0.3 is 11.9 Å². The highest BCUT2D eigenvalue weighted by atomic mass is 32.2. The predicted molar refractivity (Wildman–Crippen MR) is 95.0 cm³/mol. The molecule has 0 heterocycles. The van der Waals surface area contributed by atoms with Crippen molar-refractivity contribution in [3.05, 3.63) is 71.8 Å². The molecule has 0 spiro atoms. The van der Waals surface area contributed by atoms with Gasteiger partial charge < -0.3 is 9.84 Å². The van der Waals surface area contributed by atoms with Gasteiger partial charge in [-0.3, -0.25) is 9.59 Å². The number of carboxylic acids is 1. The molecule has 2 aromatic carbocycles. The van der Waals surface area contributed by atoms with E-state index in [0.29, 0.717) is 11.5 Å². The van der Waals surface area contributed by atoms with Crippen LogP contribution >= 0.6 is 11.8 Å². The van der Waals surface area contributed by atoms with E-state index in [1.165, 1.54) is 11.8 Å². The van der Waals surface area contributed by atoms with Gasteiger partial charge in [0.1, 0.15) is 6.61 Å². The zero-order chi connectivity index (χ0) is 17.2. The summed E-state index contributed by atoms with van der Waals surface area (Å²) in [5, 5.41) is 9.34. The molecule has 0 amide bonds. The molecule has 0 aliphatic carbocycles. The molecule has 0 aliphatic rings. The standard InChI is InChI=1S/C19H20O4S/c20-18(23-13-15-7-3-1-4-8-15)11-12-24-14-17(19(21)22)16-9-5-2-6-10-16/h1-10,17H,11-14H2,(H,21,22). The largest absolute Gasteiger partial charge is 0.481 e. The molecule has 24 heavy (non-hydrogen) atoms. The van der Waals surface area contributed by atoms with Crippen LogP contribution in [0.3, 0.4) is 0 Å². The van der Waals surface area contributed by atoms with Crippen LogP contribution in [0.2, 0.25) is 0 Å². The van der Waals surface area contributed by atoms with Crippen LogP contribution in [0.4, 0.5) is 0 Å². The molecule has 1 atom stereocenters. The van der Waals surface area contributed by atoms with Crippen molar-refractivity contribution in [3.8, 4) is 0 Å². The lowest BCUT2D eigenvalue weighted by Crippen LogP contribution is -2.15. The molecule has 4 nitrogen and oxygen atoms in total. The number of carbonyl (C=O) groups excluding carboxylic acids is 1. The number of esters is 1. The highest BCUT2D eigenvalue weighted by Crippen LogP contribution is 2.21. The Morgan fingerprint density at radius 3 is 2.25 bits per heavy atom. The van der Waals surface area contributed by atoms with E-state index in [2.05, 4.69) is 0 Å². The van der Waals surface area contributed by atoms with Crippen LogP contribution in [-0.4, -0.2) is 28.6 Å². The van der Waals surface area contributed by atoms with Gasteiger partial charge in [-0.15, -0.1) is 0 Å². The molecular weight excluding hydrogens is 324 g/mol. The van der Waals surface area contributed by atoms with Gasteiger partial charge in [-0.1, -0.05) is 60.7 Å². The molecule has 0 aliphatic heterocycles. The normalized spacial score (nSPS) is 11.7. The first-order valence-electron chi connectivity index (χ1n) is 7.72. The van der Waals surface area contributed by atoms with Gasteiger partial charge in [0.15, 0.2) is 0 Å². The molecule has 5 heteroatoms. The molecule has 0 saturated heterocycles. The second-order valence-electron chi connectivity index (χ2n) is 5.27. The molecule has 2 rings (SSSR count). The van der Waals surface area contributed by atoms with Crippen LogP contribution in [0.15, 0.2) is 60.7 Å². The summed E-state index contributed by atoms with van der Waals surface area (Å²) in [6, 6.07) is 18.7. The van der Waals surface area contributed by atoms with E-state index < -0.39 is 11.9 Å². The smallest absolute Gasteiger partial charge is 0.311 e. The summed E-state index contributed by atoms with van der Waals surface area (Å²) in [6.45, 7) is 0.270. The van der Waals surface area contributed by atoms with Gasteiger partial charge in [-0.05, 0) is 11.1 Å². The fourth-order valence-corrected chi connectivity index (χ4v) is 3.21. The third kappa shape index (κ3) is 6.08. The molecule has 2 aromatic rings. The van der Waals surface area contributed by atoms with Crippen LogP contribution in [0.25, 0.3) is 0 Å². The molecule has 1 unspecified atom stereocenters. The van der Waals surface area contributed by atoms with E-state index in [-0.39, 0.29) is 19.0 Å². The number of carbonyl (C=O) groups is 2. The van der Waals surface area contributed by atoms with Crippen molar-refractivity contribution in [2.75, 3.05) is 11.5 Å². The Morgan fingerprint density at radius 2 is 1.62 bits per heavy atom. The van der Waals surface area contributed by atoms with Crippen molar-refractivity contribution in [1.29, 1.82) is 0 Å². The zero-order valence-electron chi connectivity index (χ0n) is 13.3. The Labute approximate surface area is 145 Å². The minimum atomic E-state index is -0.847. The van der Waals surface area contributed by atoms with E-state index in [0.717, 1.165) is 11.1 Å². The SMILES string of the molecule is O=C(CCSCC(C(=O)O)c1ccccc1)OCc1ccccc1. The Morgan fingerprint density at radius 1 is 1.00 bits per heavy atom. The molecule has 126 valence electrons. The number of benzene rings is 2. The van der Waals surface area contributed by atoms with Crippen LogP contribution in [-0.2, 0) is 20.9 Å². The van der Waals surface area contributed by atoms with E-state index in [4.69, 9.17) is 4.74 Å². The number of rotatable bonds is 9. The summed E-state index contributed by atoms with van der Waals surface area (Å²) >= 11 is 1.45. The van der Waals surface area contributed by atoms with Gasteiger partial charge in [0, 0.05) is 11.5 Å². The number of thioether (sulfide) groups is 1. The molecule has 1 N–H and O–H groups in total. The van der Waals surface area contributed by atoms with Gasteiger partial charge in [-0.2, -0.15) is 11.8 Å². The quantitative estimate of drug-likeness (QED) is 0.555. The van der Waals surface area contributed by atoms with Crippen LogP contribution in [0.1, 0.15) is 23.5 Å². The maximum Gasteiger partial charge on any atom is 0.311 e. The Hall–Kier alpha value is -2.27. The van der Waals surface area contributed by atoms with Crippen molar-refractivity contribution in [3.63, 3.8) is 0 Å². The summed E-state index contributed by atoms with van der Waals surface area (Å²) < 4.78 is 5.20. The summed E-state index contributed by atoms with van der Waals surface area (Å²) in [5.74, 6) is -0.690. The second kappa shape index (κ2) is 9.78. The number of carboxylic acid groups (broad SMARTS) is 1. The van der Waals surface area contributed by atoms with Crippen LogP contribution in [0.5, 0.6) is 0 Å². The lowest BCUT2D eigenvalue weighted by atomic mass is 10.0. The van der Waals surface area contributed by atoms with Crippen molar-refractivity contribution in [1.82, 2.24) is 0 Å². The van der Waals surface area contributed by atoms with Gasteiger partial charge in [-0.25, -0.2) is 0 Å². The van der Waals surface area contributed by atoms with Gasteiger partial charge in [0.05, 0.1) is 12.3 Å². The first-order chi connectivity index (χ1) is 11.7. The highest BCUT2D eigenvalue weighted by molar-refractivity contribution is 7.99. The van der Waals surface area contributed by atoms with Crippen LogP contribution < -0.4 is 0 Å². The zero-order valence-corrected chi connectivity index (χ0v) is 14.1. The first-order valence-corrected chi connectivity index (χ1v) is 8.87. The molecular formula is C19H20O4S. The summed E-state index contributed by atoms with van der Waals surface area (Å²) in [7, 11) is 0. The number of hydrogen-bond acceptors (Lipinski definition) is 4. The maximum atomic E-state index is 11.7. The first kappa shape index (κ1) is 18.1. The van der Waals surface area contributed by atoms with Crippen molar-refractivity contribution in [2.24, 2.45) is 0 Å². The Balaban J connectivity index is 1.69. The van der Waals surface area contributed by atoms with Crippen molar-refractivity contribution in [2.45, 2.75) is 18.9 Å². The Kier molecular flexibility index (Phi) is 7.36. The lowest BCUT2D eigenvalue weighted by molar-refractivity contribution is -0.144.